The average molecular weight is 531 g/mol. The lowest BCUT2D eigenvalue weighted by Crippen LogP contribution is -2.42. The number of nitrogens with one attached hydrogen (secondary N) is 1. The third-order valence-electron chi connectivity index (χ3n) is 6.19. The Labute approximate surface area is 212 Å². The smallest absolute Gasteiger partial charge is 0.326 e. The van der Waals surface area contributed by atoms with Gasteiger partial charge < -0.3 is 14.7 Å². The first kappa shape index (κ1) is 26.1. The lowest BCUT2D eigenvalue weighted by atomic mass is 10.0. The fourth-order valence-corrected chi connectivity index (χ4v) is 5.12. The summed E-state index contributed by atoms with van der Waals surface area (Å²) < 4.78 is 59.2. The molecule has 1 amide bonds. The van der Waals surface area contributed by atoms with Crippen molar-refractivity contribution < 1.29 is 36.6 Å². The van der Waals surface area contributed by atoms with Gasteiger partial charge in [0.2, 0.25) is 10.0 Å². The molecular weight excluding hydrogens is 506 g/mol. The summed E-state index contributed by atoms with van der Waals surface area (Å²) in [6.07, 6.45) is 1.31. The Morgan fingerprint density at radius 1 is 1.05 bits per heavy atom. The maximum absolute atomic E-state index is 14.5. The van der Waals surface area contributed by atoms with Crippen molar-refractivity contribution in [1.82, 2.24) is 4.90 Å². The van der Waals surface area contributed by atoms with E-state index in [1.165, 1.54) is 37.4 Å². The zero-order valence-corrected chi connectivity index (χ0v) is 20.8. The molecule has 4 rings (SSSR count). The van der Waals surface area contributed by atoms with E-state index in [0.29, 0.717) is 22.6 Å². The molecule has 1 aliphatic heterocycles. The summed E-state index contributed by atoms with van der Waals surface area (Å²) in [6, 6.07) is 12.6. The summed E-state index contributed by atoms with van der Waals surface area (Å²) in [5.74, 6) is -3.63. The molecule has 1 fully saturated rings. The van der Waals surface area contributed by atoms with Gasteiger partial charge in [-0.2, -0.15) is 0 Å². The van der Waals surface area contributed by atoms with E-state index in [1.807, 2.05) is 0 Å². The zero-order valence-electron chi connectivity index (χ0n) is 19.9. The molecule has 3 aromatic carbocycles. The van der Waals surface area contributed by atoms with Crippen LogP contribution in [0.3, 0.4) is 0 Å². The molecule has 3 aromatic rings. The third kappa shape index (κ3) is 5.41. The number of carboxylic acid groups (broad SMARTS) is 1. The maximum atomic E-state index is 14.5. The second-order valence-corrected chi connectivity index (χ2v) is 10.4. The number of carboxylic acids is 1. The molecule has 0 radical (unpaired) electrons. The molecule has 0 aromatic heterocycles. The van der Waals surface area contributed by atoms with Crippen LogP contribution in [0.25, 0.3) is 11.1 Å². The highest BCUT2D eigenvalue weighted by Gasteiger charge is 2.43. The predicted molar refractivity (Wildman–Crippen MR) is 133 cm³/mol. The number of halogens is 2. The van der Waals surface area contributed by atoms with Crippen LogP contribution in [0.2, 0.25) is 0 Å². The number of methoxy groups -OCH3 is 1. The second kappa shape index (κ2) is 10.2. The van der Waals surface area contributed by atoms with Crippen LogP contribution in [0.4, 0.5) is 14.5 Å². The molecule has 0 aliphatic carbocycles. The van der Waals surface area contributed by atoms with Gasteiger partial charge in [0.05, 0.1) is 25.1 Å². The van der Waals surface area contributed by atoms with Crippen LogP contribution in [0.15, 0.2) is 60.7 Å². The Balaban J connectivity index is 1.65. The standard InChI is InChI=1S/C26H24F2N2O6S/c1-36-23-14-17(29-37(2,34)35)10-11-18(23)15-6-8-16(9-7-15)25(31)30-21(12-13-22(30)26(32)33)19-4-3-5-20(27)24(19)28/h3-11,14,21-22,29H,12-13H2,1-2H3,(H,32,33)/t21-,22+/m1/s1. The van der Waals surface area contributed by atoms with Crippen LogP contribution in [0.5, 0.6) is 5.75 Å². The molecule has 37 heavy (non-hydrogen) atoms. The summed E-state index contributed by atoms with van der Waals surface area (Å²) in [5.41, 5.74) is 1.71. The topological polar surface area (TPSA) is 113 Å². The minimum atomic E-state index is -3.48. The lowest BCUT2D eigenvalue weighted by Gasteiger charge is -2.29. The van der Waals surface area contributed by atoms with E-state index in [4.69, 9.17) is 4.74 Å². The van der Waals surface area contributed by atoms with Gasteiger partial charge in [0.15, 0.2) is 11.6 Å². The van der Waals surface area contributed by atoms with Crippen molar-refractivity contribution >= 4 is 27.6 Å². The number of rotatable bonds is 7. The van der Waals surface area contributed by atoms with Crippen LogP contribution >= 0.6 is 0 Å². The highest BCUT2D eigenvalue weighted by Crippen LogP contribution is 2.39. The third-order valence-corrected chi connectivity index (χ3v) is 6.80. The molecule has 0 saturated carbocycles. The van der Waals surface area contributed by atoms with E-state index in [9.17, 15) is 31.9 Å². The number of likely N-dealkylation sites (tertiary alicyclic amines) is 1. The number of nitrogens with zero attached hydrogens (tertiary/aromatic N) is 1. The Bertz CT molecular complexity index is 1460. The summed E-state index contributed by atoms with van der Waals surface area (Å²) >= 11 is 0. The minimum absolute atomic E-state index is 0.0683. The van der Waals surface area contributed by atoms with Gasteiger partial charge in [-0.3, -0.25) is 9.52 Å². The number of anilines is 1. The first-order valence-corrected chi connectivity index (χ1v) is 13.1. The minimum Gasteiger partial charge on any atom is -0.496 e. The number of hydrogen-bond acceptors (Lipinski definition) is 5. The summed E-state index contributed by atoms with van der Waals surface area (Å²) in [5, 5.41) is 9.69. The first-order valence-electron chi connectivity index (χ1n) is 11.3. The van der Waals surface area contributed by atoms with Crippen molar-refractivity contribution in [3.05, 3.63) is 83.4 Å². The van der Waals surface area contributed by atoms with Gasteiger partial charge in [0, 0.05) is 22.8 Å². The molecule has 8 nitrogen and oxygen atoms in total. The van der Waals surface area contributed by atoms with Crippen molar-refractivity contribution in [2.45, 2.75) is 24.9 Å². The monoisotopic (exact) mass is 530 g/mol. The number of amides is 1. The Morgan fingerprint density at radius 2 is 1.76 bits per heavy atom. The largest absolute Gasteiger partial charge is 0.496 e. The normalized spacial score (nSPS) is 17.5. The van der Waals surface area contributed by atoms with Crippen molar-refractivity contribution in [3.8, 4) is 16.9 Å². The number of carbonyl (C=O) groups excluding carboxylic acids is 1. The van der Waals surface area contributed by atoms with Crippen molar-refractivity contribution in [3.63, 3.8) is 0 Å². The Kier molecular flexibility index (Phi) is 7.17. The van der Waals surface area contributed by atoms with Crippen LogP contribution in [0, 0.1) is 11.6 Å². The van der Waals surface area contributed by atoms with Crippen molar-refractivity contribution in [2.24, 2.45) is 0 Å². The van der Waals surface area contributed by atoms with E-state index in [-0.39, 0.29) is 24.0 Å². The molecule has 2 atom stereocenters. The summed E-state index contributed by atoms with van der Waals surface area (Å²) in [6.45, 7) is 0. The van der Waals surface area contributed by atoms with Gasteiger partial charge in [0.25, 0.3) is 5.91 Å². The number of carbonyl (C=O) groups is 2. The van der Waals surface area contributed by atoms with Gasteiger partial charge in [-0.05, 0) is 48.7 Å². The van der Waals surface area contributed by atoms with Crippen molar-refractivity contribution in [1.29, 1.82) is 0 Å². The number of aliphatic carboxylic acids is 1. The van der Waals surface area contributed by atoms with E-state index in [2.05, 4.69) is 4.72 Å². The number of sulfonamides is 1. The van der Waals surface area contributed by atoms with Gasteiger partial charge in [-0.15, -0.1) is 0 Å². The molecule has 1 saturated heterocycles. The number of benzene rings is 3. The fraction of sp³-hybridized carbons (Fsp3) is 0.231. The van der Waals surface area contributed by atoms with Gasteiger partial charge >= 0.3 is 5.97 Å². The van der Waals surface area contributed by atoms with Crippen LogP contribution < -0.4 is 9.46 Å². The molecule has 0 bridgehead atoms. The molecule has 2 N–H and O–H groups in total. The molecule has 0 unspecified atom stereocenters. The van der Waals surface area contributed by atoms with Gasteiger partial charge in [-0.1, -0.05) is 24.3 Å². The van der Waals surface area contributed by atoms with Crippen molar-refractivity contribution in [2.75, 3.05) is 18.1 Å². The van der Waals surface area contributed by atoms with E-state index in [0.717, 1.165) is 17.2 Å². The van der Waals surface area contributed by atoms with Gasteiger partial charge in [0.1, 0.15) is 11.8 Å². The van der Waals surface area contributed by atoms with E-state index in [1.54, 1.807) is 24.3 Å². The summed E-state index contributed by atoms with van der Waals surface area (Å²) in [4.78, 5) is 26.4. The average Bonchev–Trinajstić information content (AvgIpc) is 3.29. The predicted octanol–water partition coefficient (Wildman–Crippen LogP) is 4.44. The molecule has 1 aliphatic rings. The lowest BCUT2D eigenvalue weighted by molar-refractivity contribution is -0.141. The molecule has 11 heteroatoms. The molecular formula is C26H24F2N2O6S. The number of hydrogen-bond donors (Lipinski definition) is 2. The first-order chi connectivity index (χ1) is 17.5. The highest BCUT2D eigenvalue weighted by atomic mass is 32.2. The quantitative estimate of drug-likeness (QED) is 0.467. The Morgan fingerprint density at radius 3 is 2.38 bits per heavy atom. The zero-order chi connectivity index (χ0) is 26.9. The van der Waals surface area contributed by atoms with Crippen LogP contribution in [0.1, 0.15) is 34.8 Å². The van der Waals surface area contributed by atoms with Crippen LogP contribution in [-0.4, -0.2) is 49.7 Å². The fourth-order valence-electron chi connectivity index (χ4n) is 4.57. The maximum Gasteiger partial charge on any atom is 0.326 e. The Hall–Kier alpha value is -3.99. The number of ether oxygens (including phenoxy) is 1. The molecule has 194 valence electrons. The van der Waals surface area contributed by atoms with Crippen LogP contribution in [-0.2, 0) is 14.8 Å². The molecule has 0 spiro atoms. The van der Waals surface area contributed by atoms with E-state index >= 15 is 0 Å². The van der Waals surface area contributed by atoms with E-state index < -0.39 is 45.6 Å². The molecule has 1 heterocycles. The SMILES string of the molecule is COc1cc(NS(C)(=O)=O)ccc1-c1ccc(C(=O)N2[C@@H](c3cccc(F)c3F)CC[C@H]2C(=O)O)cc1. The highest BCUT2D eigenvalue weighted by molar-refractivity contribution is 7.92. The summed E-state index contributed by atoms with van der Waals surface area (Å²) in [7, 11) is -2.04. The second-order valence-electron chi connectivity index (χ2n) is 8.67. The van der Waals surface area contributed by atoms with Gasteiger partial charge in [-0.25, -0.2) is 22.0 Å².